The summed E-state index contributed by atoms with van der Waals surface area (Å²) >= 11 is 7.49. The lowest BCUT2D eigenvalue weighted by atomic mass is 10.1. The van der Waals surface area contributed by atoms with Crippen molar-refractivity contribution in [1.82, 2.24) is 25.9 Å². The summed E-state index contributed by atoms with van der Waals surface area (Å²) in [7, 11) is 0. The molecule has 2 aliphatic rings. The largest absolute Gasteiger partial charge is 0.351 e. The van der Waals surface area contributed by atoms with E-state index in [0.717, 1.165) is 60.2 Å². The Morgan fingerprint density at radius 1 is 1.13 bits per heavy atom. The molecule has 1 saturated carbocycles. The third-order valence-corrected chi connectivity index (χ3v) is 7.10. The number of amides is 2. The average Bonchev–Trinajstić information content (AvgIpc) is 3.45. The van der Waals surface area contributed by atoms with Gasteiger partial charge in [-0.1, -0.05) is 11.6 Å². The molecule has 9 heteroatoms. The van der Waals surface area contributed by atoms with E-state index in [9.17, 15) is 9.59 Å². The Kier molecular flexibility index (Phi) is 5.22. The highest BCUT2D eigenvalue weighted by atomic mass is 35.5. The number of aromatic amines is 1. The van der Waals surface area contributed by atoms with Crippen molar-refractivity contribution >= 4 is 45.7 Å². The summed E-state index contributed by atoms with van der Waals surface area (Å²) in [6.45, 7) is 1.67. The number of hydrogen-bond acceptors (Lipinski definition) is 5. The van der Waals surface area contributed by atoms with Crippen LogP contribution in [-0.4, -0.2) is 40.4 Å². The Morgan fingerprint density at radius 2 is 1.93 bits per heavy atom. The SMILES string of the molecule is O=C(NC1CCC[C@H]1NC(=O)c1nc2c(s1)CNCC2)c1cc2cc(Cl)ccc2[nH]1. The number of carbonyl (C=O) groups excluding carboxylic acids is 2. The number of fused-ring (bicyclic) bond motifs is 2. The number of hydrogen-bond donors (Lipinski definition) is 4. The molecule has 1 aromatic carbocycles. The van der Waals surface area contributed by atoms with E-state index >= 15 is 0 Å². The van der Waals surface area contributed by atoms with Crippen molar-refractivity contribution < 1.29 is 9.59 Å². The number of benzene rings is 1. The molecule has 1 fully saturated rings. The molecule has 1 unspecified atom stereocenters. The van der Waals surface area contributed by atoms with Gasteiger partial charge in [-0.15, -0.1) is 11.3 Å². The highest BCUT2D eigenvalue weighted by molar-refractivity contribution is 7.13. The fourth-order valence-electron chi connectivity index (χ4n) is 4.23. The van der Waals surface area contributed by atoms with E-state index < -0.39 is 0 Å². The lowest BCUT2D eigenvalue weighted by molar-refractivity contribution is 0.0889. The van der Waals surface area contributed by atoms with Gasteiger partial charge in [0.25, 0.3) is 11.8 Å². The number of aromatic nitrogens is 2. The van der Waals surface area contributed by atoms with Crippen LogP contribution in [0.15, 0.2) is 24.3 Å². The molecule has 0 spiro atoms. The quantitative estimate of drug-likeness (QED) is 0.498. The van der Waals surface area contributed by atoms with Crippen LogP contribution in [0.5, 0.6) is 0 Å². The van der Waals surface area contributed by atoms with Crippen molar-refractivity contribution in [3.8, 4) is 0 Å². The highest BCUT2D eigenvalue weighted by Crippen LogP contribution is 2.25. The number of thiazole rings is 1. The molecule has 2 aromatic heterocycles. The average molecular weight is 444 g/mol. The predicted octanol–water partition coefficient (Wildman–Crippen LogP) is 3.00. The van der Waals surface area contributed by atoms with Crippen LogP contribution in [0, 0.1) is 0 Å². The second-order valence-corrected chi connectivity index (χ2v) is 9.34. The van der Waals surface area contributed by atoms with Gasteiger partial charge in [-0.25, -0.2) is 4.98 Å². The molecule has 0 saturated heterocycles. The molecule has 3 heterocycles. The Labute approximate surface area is 182 Å². The number of carbonyl (C=O) groups is 2. The van der Waals surface area contributed by atoms with Gasteiger partial charge in [0.15, 0.2) is 5.01 Å². The predicted molar refractivity (Wildman–Crippen MR) is 117 cm³/mol. The third kappa shape index (κ3) is 3.82. The summed E-state index contributed by atoms with van der Waals surface area (Å²) in [5, 5.41) is 11.5. The maximum atomic E-state index is 12.8. The van der Waals surface area contributed by atoms with E-state index in [-0.39, 0.29) is 23.9 Å². The molecule has 2 atom stereocenters. The Morgan fingerprint density at radius 3 is 2.73 bits per heavy atom. The minimum absolute atomic E-state index is 0.0978. The molecule has 4 N–H and O–H groups in total. The fraction of sp³-hybridized carbons (Fsp3) is 0.381. The molecule has 156 valence electrons. The van der Waals surface area contributed by atoms with Crippen molar-refractivity contribution in [3.05, 3.63) is 50.6 Å². The minimum atomic E-state index is -0.177. The minimum Gasteiger partial charge on any atom is -0.351 e. The highest BCUT2D eigenvalue weighted by Gasteiger charge is 2.31. The molecule has 0 radical (unpaired) electrons. The Balaban J connectivity index is 1.25. The van der Waals surface area contributed by atoms with Crippen molar-refractivity contribution in [2.24, 2.45) is 0 Å². The zero-order chi connectivity index (χ0) is 20.7. The second-order valence-electron chi connectivity index (χ2n) is 7.82. The summed E-state index contributed by atoms with van der Waals surface area (Å²) in [6.07, 6.45) is 3.49. The number of nitrogens with one attached hydrogen (secondary N) is 4. The van der Waals surface area contributed by atoms with Crippen molar-refractivity contribution in [2.75, 3.05) is 6.54 Å². The van der Waals surface area contributed by atoms with Crippen LogP contribution in [0.2, 0.25) is 5.02 Å². The molecule has 5 rings (SSSR count). The molecule has 0 bridgehead atoms. The Bertz CT molecular complexity index is 1100. The molecule has 3 aromatic rings. The van der Waals surface area contributed by atoms with Crippen LogP contribution < -0.4 is 16.0 Å². The van der Waals surface area contributed by atoms with Gasteiger partial charge in [0.05, 0.1) is 5.69 Å². The fourth-order valence-corrected chi connectivity index (χ4v) is 5.39. The van der Waals surface area contributed by atoms with Gasteiger partial charge < -0.3 is 20.9 Å². The smallest absolute Gasteiger partial charge is 0.280 e. The number of halogens is 1. The van der Waals surface area contributed by atoms with Gasteiger partial charge in [0.1, 0.15) is 5.69 Å². The molecular weight excluding hydrogens is 422 g/mol. The van der Waals surface area contributed by atoms with E-state index in [1.165, 1.54) is 11.3 Å². The summed E-state index contributed by atoms with van der Waals surface area (Å²) < 4.78 is 0. The summed E-state index contributed by atoms with van der Waals surface area (Å²) in [4.78, 5) is 34.3. The third-order valence-electron chi connectivity index (χ3n) is 5.77. The van der Waals surface area contributed by atoms with Gasteiger partial charge >= 0.3 is 0 Å². The van der Waals surface area contributed by atoms with Crippen LogP contribution >= 0.6 is 22.9 Å². The van der Waals surface area contributed by atoms with Gasteiger partial charge in [-0.2, -0.15) is 0 Å². The van der Waals surface area contributed by atoms with E-state index in [4.69, 9.17) is 11.6 Å². The van der Waals surface area contributed by atoms with Gasteiger partial charge in [-0.05, 0) is 43.5 Å². The first-order valence-corrected chi connectivity index (χ1v) is 11.4. The zero-order valence-electron chi connectivity index (χ0n) is 16.3. The topological polar surface area (TPSA) is 98.9 Å². The lowest BCUT2D eigenvalue weighted by Gasteiger charge is -2.21. The second kappa shape index (κ2) is 8.02. The van der Waals surface area contributed by atoms with Crippen LogP contribution in [0.1, 0.15) is 50.1 Å². The molecule has 7 nitrogen and oxygen atoms in total. The normalized spacial score (nSPS) is 20.8. The lowest BCUT2D eigenvalue weighted by Crippen LogP contribution is -2.48. The Hall–Kier alpha value is -2.42. The summed E-state index contributed by atoms with van der Waals surface area (Å²) in [6, 6.07) is 7.07. The van der Waals surface area contributed by atoms with Crippen molar-refractivity contribution in [1.29, 1.82) is 0 Å². The molecule has 1 aliphatic carbocycles. The van der Waals surface area contributed by atoms with E-state index in [2.05, 4.69) is 25.9 Å². The first-order valence-electron chi connectivity index (χ1n) is 10.2. The van der Waals surface area contributed by atoms with Crippen LogP contribution in [0.25, 0.3) is 10.9 Å². The molecule has 30 heavy (non-hydrogen) atoms. The van der Waals surface area contributed by atoms with Crippen LogP contribution in [0.4, 0.5) is 0 Å². The summed E-state index contributed by atoms with van der Waals surface area (Å²) in [5.41, 5.74) is 2.38. The maximum Gasteiger partial charge on any atom is 0.280 e. The number of nitrogens with zero attached hydrogens (tertiary/aromatic N) is 1. The van der Waals surface area contributed by atoms with E-state index in [0.29, 0.717) is 15.7 Å². The number of rotatable bonds is 4. The van der Waals surface area contributed by atoms with Crippen molar-refractivity contribution in [3.63, 3.8) is 0 Å². The molecular formula is C21H22ClN5O2S. The first-order chi connectivity index (χ1) is 14.6. The van der Waals surface area contributed by atoms with Crippen LogP contribution in [0.3, 0.4) is 0 Å². The zero-order valence-corrected chi connectivity index (χ0v) is 17.8. The number of H-pyrrole nitrogens is 1. The molecule has 2 amide bonds. The van der Waals surface area contributed by atoms with Crippen molar-refractivity contribution in [2.45, 2.75) is 44.3 Å². The monoisotopic (exact) mass is 443 g/mol. The molecule has 1 aliphatic heterocycles. The maximum absolute atomic E-state index is 12.8. The van der Waals surface area contributed by atoms with E-state index in [1.807, 2.05) is 12.1 Å². The van der Waals surface area contributed by atoms with Gasteiger partial charge in [0.2, 0.25) is 0 Å². The first kappa shape index (κ1) is 19.5. The summed E-state index contributed by atoms with van der Waals surface area (Å²) in [5.74, 6) is -0.329. The van der Waals surface area contributed by atoms with Gasteiger partial charge in [-0.3, -0.25) is 9.59 Å². The van der Waals surface area contributed by atoms with E-state index in [1.54, 1.807) is 12.1 Å². The van der Waals surface area contributed by atoms with Gasteiger partial charge in [0, 0.05) is 52.4 Å². The van der Waals surface area contributed by atoms with Crippen LogP contribution in [-0.2, 0) is 13.0 Å². The standard InChI is InChI=1S/C21H22ClN5O2S/c22-12-4-5-13-11(8-12)9-17(24-13)19(28)25-14-2-1-3-15(14)26-20(29)21-27-16-6-7-23-10-18(16)30-21/h4-5,8-9,14-15,23-24H,1-3,6-7,10H2,(H,25,28)(H,26,29)/t14?,15-/m1/s1.